The SMILES string of the molecule is C#CC(C)C=CO. The third kappa shape index (κ3) is 2.92. The molecule has 0 aromatic carbocycles. The Bertz CT molecular complexity index is 97.2. The molecule has 0 aliphatic rings. The van der Waals surface area contributed by atoms with Crippen LogP contribution in [0.15, 0.2) is 12.3 Å². The summed E-state index contributed by atoms with van der Waals surface area (Å²) in [7, 11) is 0. The van der Waals surface area contributed by atoms with Gasteiger partial charge in [-0.3, -0.25) is 0 Å². The average molecular weight is 96.1 g/mol. The van der Waals surface area contributed by atoms with Crippen molar-refractivity contribution in [3.63, 3.8) is 0 Å². The summed E-state index contributed by atoms with van der Waals surface area (Å²) in [6.45, 7) is 1.83. The Hall–Kier alpha value is -0.900. The molecule has 0 aromatic heterocycles. The molecule has 38 valence electrons. The zero-order valence-corrected chi connectivity index (χ0v) is 4.26. The van der Waals surface area contributed by atoms with Crippen LogP contribution in [-0.4, -0.2) is 5.11 Å². The van der Waals surface area contributed by atoms with E-state index in [9.17, 15) is 0 Å². The van der Waals surface area contributed by atoms with Crippen molar-refractivity contribution >= 4 is 0 Å². The van der Waals surface area contributed by atoms with Gasteiger partial charge in [0.15, 0.2) is 0 Å². The molecule has 0 aliphatic carbocycles. The van der Waals surface area contributed by atoms with Crippen molar-refractivity contribution in [2.75, 3.05) is 0 Å². The minimum atomic E-state index is 0.0463. The van der Waals surface area contributed by atoms with Gasteiger partial charge in [-0.05, 0) is 13.0 Å². The summed E-state index contributed by atoms with van der Waals surface area (Å²) >= 11 is 0. The van der Waals surface area contributed by atoms with E-state index in [-0.39, 0.29) is 5.92 Å². The van der Waals surface area contributed by atoms with Gasteiger partial charge in [-0.15, -0.1) is 6.42 Å². The molecule has 0 bridgehead atoms. The highest BCUT2D eigenvalue weighted by molar-refractivity contribution is 5.00. The van der Waals surface area contributed by atoms with Gasteiger partial charge in [0, 0.05) is 5.92 Å². The van der Waals surface area contributed by atoms with E-state index in [1.54, 1.807) is 6.08 Å². The van der Waals surface area contributed by atoms with Crippen LogP contribution in [-0.2, 0) is 0 Å². The van der Waals surface area contributed by atoms with Crippen LogP contribution in [0.3, 0.4) is 0 Å². The number of rotatable bonds is 1. The van der Waals surface area contributed by atoms with Gasteiger partial charge in [0.2, 0.25) is 0 Å². The van der Waals surface area contributed by atoms with Crippen molar-refractivity contribution in [3.05, 3.63) is 12.3 Å². The zero-order valence-electron chi connectivity index (χ0n) is 4.26. The summed E-state index contributed by atoms with van der Waals surface area (Å²) in [5.41, 5.74) is 0. The minimum absolute atomic E-state index is 0.0463. The number of allylic oxidation sites excluding steroid dienone is 1. The lowest BCUT2D eigenvalue weighted by molar-refractivity contribution is 0.469. The monoisotopic (exact) mass is 96.1 g/mol. The van der Waals surface area contributed by atoms with E-state index in [0.29, 0.717) is 0 Å². The number of terminal acetylenes is 1. The van der Waals surface area contributed by atoms with Gasteiger partial charge in [-0.1, -0.05) is 5.92 Å². The maximum absolute atomic E-state index is 8.09. The number of hydrogen-bond acceptors (Lipinski definition) is 1. The van der Waals surface area contributed by atoms with Crippen LogP contribution in [0.1, 0.15) is 6.92 Å². The lowest BCUT2D eigenvalue weighted by atomic mass is 10.2. The van der Waals surface area contributed by atoms with Gasteiger partial charge in [0.25, 0.3) is 0 Å². The quantitative estimate of drug-likeness (QED) is 0.385. The smallest absolute Gasteiger partial charge is 0.0764 e. The van der Waals surface area contributed by atoms with Crippen molar-refractivity contribution in [2.24, 2.45) is 5.92 Å². The molecule has 0 aliphatic heterocycles. The van der Waals surface area contributed by atoms with E-state index in [1.165, 1.54) is 0 Å². The molecule has 1 heteroatoms. The number of hydrogen-bond donors (Lipinski definition) is 1. The van der Waals surface area contributed by atoms with Crippen LogP contribution in [0.2, 0.25) is 0 Å². The summed E-state index contributed by atoms with van der Waals surface area (Å²) in [6.07, 6.45) is 7.45. The molecule has 1 N–H and O–H groups in total. The molecule has 7 heavy (non-hydrogen) atoms. The fourth-order valence-electron chi connectivity index (χ4n) is 0.185. The second-order valence-corrected chi connectivity index (χ2v) is 1.30. The van der Waals surface area contributed by atoms with Crippen molar-refractivity contribution in [1.82, 2.24) is 0 Å². The molecular formula is C6H8O. The Morgan fingerprint density at radius 1 is 1.86 bits per heavy atom. The molecule has 0 amide bonds. The molecule has 1 unspecified atom stereocenters. The third-order valence-electron chi connectivity index (χ3n) is 0.638. The summed E-state index contributed by atoms with van der Waals surface area (Å²) in [5, 5.41) is 8.09. The summed E-state index contributed by atoms with van der Waals surface area (Å²) in [5.74, 6) is 2.47. The van der Waals surface area contributed by atoms with Gasteiger partial charge >= 0.3 is 0 Å². The van der Waals surface area contributed by atoms with Crippen molar-refractivity contribution in [2.45, 2.75) is 6.92 Å². The zero-order chi connectivity index (χ0) is 5.70. The fourth-order valence-corrected chi connectivity index (χ4v) is 0.185. The van der Waals surface area contributed by atoms with E-state index in [4.69, 9.17) is 11.5 Å². The van der Waals surface area contributed by atoms with Gasteiger partial charge in [0.1, 0.15) is 0 Å². The highest BCUT2D eigenvalue weighted by Crippen LogP contribution is 1.90. The highest BCUT2D eigenvalue weighted by Gasteiger charge is 1.82. The van der Waals surface area contributed by atoms with Crippen LogP contribution < -0.4 is 0 Å². The molecular weight excluding hydrogens is 88.1 g/mol. The summed E-state index contributed by atoms with van der Waals surface area (Å²) in [6, 6.07) is 0. The van der Waals surface area contributed by atoms with E-state index >= 15 is 0 Å². The van der Waals surface area contributed by atoms with E-state index in [0.717, 1.165) is 6.26 Å². The molecule has 0 spiro atoms. The van der Waals surface area contributed by atoms with Crippen LogP contribution in [0.4, 0.5) is 0 Å². The molecule has 0 saturated heterocycles. The first-order chi connectivity index (χ1) is 3.31. The first kappa shape index (κ1) is 6.10. The maximum atomic E-state index is 8.09. The van der Waals surface area contributed by atoms with E-state index in [2.05, 4.69) is 5.92 Å². The Labute approximate surface area is 43.7 Å². The first-order valence-corrected chi connectivity index (χ1v) is 2.08. The number of aliphatic hydroxyl groups excluding tert-OH is 1. The molecule has 0 rings (SSSR count). The Balaban J connectivity index is 3.42. The molecule has 0 aromatic rings. The molecule has 0 heterocycles. The molecule has 0 saturated carbocycles. The van der Waals surface area contributed by atoms with Crippen molar-refractivity contribution in [3.8, 4) is 12.3 Å². The molecule has 0 fully saturated rings. The Morgan fingerprint density at radius 2 is 2.43 bits per heavy atom. The second kappa shape index (κ2) is 3.30. The predicted octanol–water partition coefficient (Wildman–Crippen LogP) is 1.33. The van der Waals surface area contributed by atoms with Crippen molar-refractivity contribution < 1.29 is 5.11 Å². The largest absolute Gasteiger partial charge is 0.516 e. The fraction of sp³-hybridized carbons (Fsp3) is 0.333. The van der Waals surface area contributed by atoms with Crippen LogP contribution in [0.25, 0.3) is 0 Å². The molecule has 0 radical (unpaired) electrons. The van der Waals surface area contributed by atoms with Gasteiger partial charge in [-0.2, -0.15) is 0 Å². The van der Waals surface area contributed by atoms with Crippen LogP contribution in [0.5, 0.6) is 0 Å². The Kier molecular flexibility index (Phi) is 2.87. The summed E-state index contributed by atoms with van der Waals surface area (Å²) < 4.78 is 0. The van der Waals surface area contributed by atoms with Crippen LogP contribution >= 0.6 is 0 Å². The van der Waals surface area contributed by atoms with Gasteiger partial charge in [-0.25, -0.2) is 0 Å². The standard InChI is InChI=1S/C6H8O/c1-3-6(2)4-5-7/h1,4-7H,2H3. The van der Waals surface area contributed by atoms with Crippen LogP contribution in [0, 0.1) is 18.3 Å². The molecule has 1 nitrogen and oxygen atoms in total. The highest BCUT2D eigenvalue weighted by atomic mass is 16.2. The van der Waals surface area contributed by atoms with E-state index < -0.39 is 0 Å². The lowest BCUT2D eigenvalue weighted by Crippen LogP contribution is -1.79. The minimum Gasteiger partial charge on any atom is -0.516 e. The maximum Gasteiger partial charge on any atom is 0.0764 e. The average Bonchev–Trinajstić information content (AvgIpc) is 1.68. The normalized spacial score (nSPS) is 13.7. The Morgan fingerprint density at radius 3 is 2.57 bits per heavy atom. The van der Waals surface area contributed by atoms with Crippen molar-refractivity contribution in [1.29, 1.82) is 0 Å². The van der Waals surface area contributed by atoms with E-state index in [1.807, 2.05) is 6.92 Å². The predicted molar refractivity (Wildman–Crippen MR) is 29.8 cm³/mol. The molecule has 1 atom stereocenters. The topological polar surface area (TPSA) is 20.2 Å². The first-order valence-electron chi connectivity index (χ1n) is 2.08. The van der Waals surface area contributed by atoms with Gasteiger partial charge in [0.05, 0.1) is 6.26 Å². The number of aliphatic hydroxyl groups is 1. The second-order valence-electron chi connectivity index (χ2n) is 1.30. The van der Waals surface area contributed by atoms with Gasteiger partial charge < -0.3 is 5.11 Å². The lowest BCUT2D eigenvalue weighted by Gasteiger charge is -1.86. The third-order valence-corrected chi connectivity index (χ3v) is 0.638. The summed E-state index contributed by atoms with van der Waals surface area (Å²) in [4.78, 5) is 0.